The second-order valence-electron chi connectivity index (χ2n) is 5.04. The predicted molar refractivity (Wildman–Crippen MR) is 102 cm³/mol. The van der Waals surface area contributed by atoms with Crippen LogP contribution in [0.1, 0.15) is 19.4 Å². The van der Waals surface area contributed by atoms with Crippen molar-refractivity contribution in [2.24, 2.45) is 0 Å². The fraction of sp³-hybridized carbons (Fsp3) is 0.375. The molecule has 0 saturated carbocycles. The first kappa shape index (κ1) is 17.9. The molecule has 0 aromatic carbocycles. The Labute approximate surface area is 148 Å². The summed E-state index contributed by atoms with van der Waals surface area (Å²) in [6.07, 6.45) is 5.02. The van der Waals surface area contributed by atoms with Crippen molar-refractivity contribution >= 4 is 55.2 Å². The van der Waals surface area contributed by atoms with Crippen molar-refractivity contribution in [2.75, 3.05) is 31.9 Å². The maximum atomic E-state index is 11.9. The Balaban J connectivity index is 2.00. The van der Waals surface area contributed by atoms with Crippen LogP contribution in [0.25, 0.3) is 16.2 Å². The maximum absolute atomic E-state index is 11.9. The average molecular weight is 397 g/mol. The van der Waals surface area contributed by atoms with Gasteiger partial charge in [0.15, 0.2) is 0 Å². The van der Waals surface area contributed by atoms with Gasteiger partial charge >= 0.3 is 0 Å². The zero-order valence-electron chi connectivity index (χ0n) is 13.3. The van der Waals surface area contributed by atoms with Crippen LogP contribution in [0.5, 0.6) is 0 Å². The predicted octanol–water partition coefficient (Wildman–Crippen LogP) is 3.11. The number of thiophene rings is 1. The number of hydrogen-bond acceptors (Lipinski definition) is 5. The third kappa shape index (κ3) is 4.53. The van der Waals surface area contributed by atoms with Crippen molar-refractivity contribution in [1.29, 1.82) is 0 Å². The molecule has 3 N–H and O–H groups in total. The third-order valence-corrected chi connectivity index (χ3v) is 5.60. The van der Waals surface area contributed by atoms with Crippen molar-refractivity contribution in [3.05, 3.63) is 27.7 Å². The number of anilines is 1. The summed E-state index contributed by atoms with van der Waals surface area (Å²) in [4.78, 5) is 18.4. The van der Waals surface area contributed by atoms with E-state index in [1.54, 1.807) is 29.7 Å². The summed E-state index contributed by atoms with van der Waals surface area (Å²) in [7, 11) is 0. The van der Waals surface area contributed by atoms with Gasteiger partial charge in [-0.05, 0) is 35.1 Å². The van der Waals surface area contributed by atoms with E-state index >= 15 is 0 Å². The fourth-order valence-corrected chi connectivity index (χ4v) is 4.01. The first-order chi connectivity index (χ1) is 11.1. The molecule has 0 bridgehead atoms. The number of amides is 1. The molecule has 0 fully saturated rings. The van der Waals surface area contributed by atoms with Crippen molar-refractivity contribution in [3.63, 3.8) is 0 Å². The lowest BCUT2D eigenvalue weighted by Gasteiger charge is -2.17. The van der Waals surface area contributed by atoms with Crippen LogP contribution in [0, 0.1) is 0 Å². The highest BCUT2D eigenvalue weighted by molar-refractivity contribution is 9.10. The fourth-order valence-electron chi connectivity index (χ4n) is 2.27. The molecule has 5 nitrogen and oxygen atoms in total. The van der Waals surface area contributed by atoms with Gasteiger partial charge in [-0.3, -0.25) is 4.79 Å². The summed E-state index contributed by atoms with van der Waals surface area (Å²) in [5.74, 6) is 0.395. The number of fused-ring (bicyclic) bond motifs is 1. The summed E-state index contributed by atoms with van der Waals surface area (Å²) in [6.45, 7) is 7.71. The van der Waals surface area contributed by atoms with E-state index in [1.807, 2.05) is 5.38 Å². The molecular weight excluding hydrogens is 376 g/mol. The van der Waals surface area contributed by atoms with Crippen LogP contribution in [0.3, 0.4) is 0 Å². The van der Waals surface area contributed by atoms with Gasteiger partial charge in [-0.1, -0.05) is 13.8 Å². The smallest absolute Gasteiger partial charge is 0.244 e. The number of nitrogens with two attached hydrogens (primary N) is 1. The van der Waals surface area contributed by atoms with E-state index in [0.29, 0.717) is 12.4 Å². The molecule has 0 radical (unpaired) electrons. The number of hydrogen-bond donors (Lipinski definition) is 2. The Morgan fingerprint density at radius 2 is 2.22 bits per heavy atom. The van der Waals surface area contributed by atoms with Gasteiger partial charge in [0, 0.05) is 50.9 Å². The van der Waals surface area contributed by atoms with E-state index in [0.717, 1.165) is 39.8 Å². The van der Waals surface area contributed by atoms with Gasteiger partial charge in [0.05, 0.1) is 0 Å². The van der Waals surface area contributed by atoms with Gasteiger partial charge in [-0.15, -0.1) is 11.3 Å². The van der Waals surface area contributed by atoms with Crippen molar-refractivity contribution < 1.29 is 4.79 Å². The van der Waals surface area contributed by atoms with Crippen LogP contribution < -0.4 is 11.1 Å². The minimum atomic E-state index is -0.0993. The molecule has 0 saturated heterocycles. The van der Waals surface area contributed by atoms with Crippen LogP contribution in [0.15, 0.2) is 22.1 Å². The molecule has 1 amide bonds. The lowest BCUT2D eigenvalue weighted by atomic mass is 10.2. The lowest BCUT2D eigenvalue weighted by molar-refractivity contribution is -0.116. The van der Waals surface area contributed by atoms with Crippen LogP contribution in [-0.4, -0.2) is 42.0 Å². The van der Waals surface area contributed by atoms with Crippen LogP contribution in [0.4, 0.5) is 5.82 Å². The van der Waals surface area contributed by atoms with E-state index in [4.69, 9.17) is 5.73 Å². The van der Waals surface area contributed by atoms with Gasteiger partial charge < -0.3 is 16.0 Å². The molecule has 0 aliphatic rings. The largest absolute Gasteiger partial charge is 0.383 e. The van der Waals surface area contributed by atoms with Crippen molar-refractivity contribution in [2.45, 2.75) is 13.8 Å². The van der Waals surface area contributed by atoms with E-state index in [9.17, 15) is 4.79 Å². The number of carbonyl (C=O) groups excluding carboxylic acids is 1. The van der Waals surface area contributed by atoms with Gasteiger partial charge in [0.1, 0.15) is 5.82 Å². The molecule has 2 heterocycles. The zero-order valence-corrected chi connectivity index (χ0v) is 15.7. The minimum Gasteiger partial charge on any atom is -0.383 e. The third-order valence-electron chi connectivity index (χ3n) is 3.64. The highest BCUT2D eigenvalue weighted by atomic mass is 79.9. The van der Waals surface area contributed by atoms with Crippen molar-refractivity contribution in [3.8, 4) is 0 Å². The highest BCUT2D eigenvalue weighted by Gasteiger charge is 2.09. The van der Waals surface area contributed by atoms with Crippen LogP contribution in [0.2, 0.25) is 0 Å². The van der Waals surface area contributed by atoms with Gasteiger partial charge in [-0.25, -0.2) is 4.98 Å². The molecule has 23 heavy (non-hydrogen) atoms. The number of aromatic nitrogens is 1. The second kappa shape index (κ2) is 8.42. The van der Waals surface area contributed by atoms with Crippen molar-refractivity contribution in [1.82, 2.24) is 15.2 Å². The maximum Gasteiger partial charge on any atom is 0.244 e. The van der Waals surface area contributed by atoms with Gasteiger partial charge in [0.2, 0.25) is 5.91 Å². The highest BCUT2D eigenvalue weighted by Crippen LogP contribution is 2.35. The van der Waals surface area contributed by atoms with Gasteiger partial charge in [0.25, 0.3) is 0 Å². The standard InChI is InChI=1S/C16H21BrN4OS/c1-3-21(4-2)8-7-19-13(22)6-5-11-9-20-16(18)14-12(17)10-23-15(11)14/h5-6,9-10H,3-4,7-8H2,1-2H3,(H2,18,20)(H,19,22). The molecule has 2 aromatic heterocycles. The molecule has 124 valence electrons. The number of likely N-dealkylation sites (N-methyl/N-ethyl adjacent to an activating group) is 1. The number of carbonyl (C=O) groups is 1. The normalized spacial score (nSPS) is 11.7. The lowest BCUT2D eigenvalue weighted by Crippen LogP contribution is -2.34. The number of halogens is 1. The molecule has 0 atom stereocenters. The zero-order chi connectivity index (χ0) is 16.8. The molecule has 0 unspecified atom stereocenters. The summed E-state index contributed by atoms with van der Waals surface area (Å²) in [6, 6.07) is 0. The van der Waals surface area contributed by atoms with E-state index in [2.05, 4.69) is 45.0 Å². The monoisotopic (exact) mass is 396 g/mol. The minimum absolute atomic E-state index is 0.0993. The Kier molecular flexibility index (Phi) is 6.56. The summed E-state index contributed by atoms with van der Waals surface area (Å²) >= 11 is 5.05. The van der Waals surface area contributed by atoms with Crippen LogP contribution in [-0.2, 0) is 4.79 Å². The summed E-state index contributed by atoms with van der Waals surface area (Å²) < 4.78 is 1.96. The number of nitrogens with one attached hydrogen (secondary N) is 1. The summed E-state index contributed by atoms with van der Waals surface area (Å²) in [5, 5.41) is 5.78. The van der Waals surface area contributed by atoms with Gasteiger partial charge in [-0.2, -0.15) is 0 Å². The molecule has 2 rings (SSSR count). The molecule has 2 aromatic rings. The quantitative estimate of drug-likeness (QED) is 0.705. The Morgan fingerprint density at radius 1 is 1.48 bits per heavy atom. The Hall–Kier alpha value is -1.44. The number of nitrogens with zero attached hydrogens (tertiary/aromatic N) is 2. The Morgan fingerprint density at radius 3 is 2.91 bits per heavy atom. The number of nitrogen functional groups attached to an aromatic ring is 1. The van der Waals surface area contributed by atoms with E-state index in [1.165, 1.54) is 0 Å². The topological polar surface area (TPSA) is 71.2 Å². The van der Waals surface area contributed by atoms with E-state index in [-0.39, 0.29) is 5.91 Å². The van der Waals surface area contributed by atoms with E-state index < -0.39 is 0 Å². The molecule has 7 heteroatoms. The molecule has 0 spiro atoms. The Bertz CT molecular complexity index is 709. The van der Waals surface area contributed by atoms with Crippen LogP contribution >= 0.6 is 27.3 Å². The first-order valence-corrected chi connectivity index (χ1v) is 9.23. The average Bonchev–Trinajstić information content (AvgIpc) is 2.94. The first-order valence-electron chi connectivity index (χ1n) is 7.56. The number of rotatable bonds is 7. The molecule has 0 aliphatic heterocycles. The number of pyridine rings is 1. The summed E-state index contributed by atoms with van der Waals surface area (Å²) in [5.41, 5.74) is 6.80. The second-order valence-corrected chi connectivity index (χ2v) is 6.77. The molecular formula is C16H21BrN4OS. The SMILES string of the molecule is CCN(CC)CCNC(=O)C=Cc1cnc(N)c2c(Br)csc12. The molecule has 0 aliphatic carbocycles.